The molecule has 5 heteroatoms. The van der Waals surface area contributed by atoms with Crippen molar-refractivity contribution in [3.05, 3.63) is 27.7 Å². The van der Waals surface area contributed by atoms with Crippen LogP contribution in [0.2, 0.25) is 0 Å². The average Bonchev–Trinajstić information content (AvgIpc) is 2.73. The largest absolute Gasteiger partial charge is 0.508 e. The number of carboxylic acids is 1. The molecular weight excluding hydrogens is 286 g/mol. The van der Waals surface area contributed by atoms with Crippen molar-refractivity contribution in [1.29, 1.82) is 0 Å². The van der Waals surface area contributed by atoms with Gasteiger partial charge in [0.2, 0.25) is 0 Å². The number of phenolic OH excluding ortho intramolecular Hbond substituents is 1. The number of aliphatic carboxylic acids is 1. The van der Waals surface area contributed by atoms with Crippen LogP contribution in [0.4, 0.5) is 0 Å². The Morgan fingerprint density at radius 1 is 1.53 bits per heavy atom. The third-order valence-electron chi connectivity index (χ3n) is 3.25. The maximum absolute atomic E-state index is 10.9. The second kappa shape index (κ2) is 4.66. The van der Waals surface area contributed by atoms with Gasteiger partial charge in [0.25, 0.3) is 0 Å². The molecule has 0 aliphatic carbocycles. The van der Waals surface area contributed by atoms with Crippen LogP contribution in [0.1, 0.15) is 23.6 Å². The van der Waals surface area contributed by atoms with Gasteiger partial charge in [-0.2, -0.15) is 0 Å². The van der Waals surface area contributed by atoms with Crippen molar-refractivity contribution >= 4 is 21.9 Å². The Morgan fingerprint density at radius 3 is 2.82 bits per heavy atom. The molecule has 0 saturated carbocycles. The van der Waals surface area contributed by atoms with E-state index in [2.05, 4.69) is 21.2 Å². The Hall–Kier alpha value is -1.07. The number of phenols is 1. The Balaban J connectivity index is 2.30. The molecule has 2 rings (SSSR count). The average molecular weight is 300 g/mol. The quantitative estimate of drug-likeness (QED) is 0.783. The molecule has 0 bridgehead atoms. The van der Waals surface area contributed by atoms with Crippen LogP contribution in [0.3, 0.4) is 0 Å². The Morgan fingerprint density at radius 2 is 2.24 bits per heavy atom. The number of carbonyl (C=O) groups is 1. The van der Waals surface area contributed by atoms with Crippen LogP contribution in [-0.2, 0) is 4.79 Å². The number of carboxylic acid groups (broad SMARTS) is 1. The molecule has 92 valence electrons. The number of rotatable bonds is 2. The smallest absolute Gasteiger partial charge is 0.307 e. The van der Waals surface area contributed by atoms with Gasteiger partial charge in [0.1, 0.15) is 5.75 Å². The van der Waals surface area contributed by atoms with Gasteiger partial charge in [0, 0.05) is 22.6 Å². The van der Waals surface area contributed by atoms with Crippen LogP contribution < -0.4 is 5.32 Å². The summed E-state index contributed by atoms with van der Waals surface area (Å²) in [5, 5.41) is 22.0. The van der Waals surface area contributed by atoms with Crippen molar-refractivity contribution in [3.8, 4) is 5.75 Å². The van der Waals surface area contributed by atoms with E-state index in [0.29, 0.717) is 13.0 Å². The standard InChI is InChI=1S/C12H14BrNO3/c1-6-8(13)2-3-10(15)11(6)9-4-7(5-14-9)12(16)17/h2-3,7,9,14-15H,4-5H2,1H3,(H,16,17). The number of halogens is 1. The number of aromatic hydroxyl groups is 1. The number of benzene rings is 1. The highest BCUT2D eigenvalue weighted by Crippen LogP contribution is 2.37. The van der Waals surface area contributed by atoms with Gasteiger partial charge in [0.15, 0.2) is 0 Å². The molecule has 0 spiro atoms. The summed E-state index contributed by atoms with van der Waals surface area (Å²) in [6.45, 7) is 2.36. The maximum Gasteiger partial charge on any atom is 0.307 e. The summed E-state index contributed by atoms with van der Waals surface area (Å²) in [5.41, 5.74) is 1.75. The molecule has 0 aromatic heterocycles. The van der Waals surface area contributed by atoms with Gasteiger partial charge in [-0.15, -0.1) is 0 Å². The SMILES string of the molecule is Cc1c(Br)ccc(O)c1C1CC(C(=O)O)CN1. The first-order valence-electron chi connectivity index (χ1n) is 5.45. The predicted octanol–water partition coefficient (Wildman–Crippen LogP) is 2.20. The first-order valence-corrected chi connectivity index (χ1v) is 6.24. The van der Waals surface area contributed by atoms with Crippen LogP contribution in [0, 0.1) is 12.8 Å². The molecule has 1 aromatic rings. The highest BCUT2D eigenvalue weighted by atomic mass is 79.9. The second-order valence-electron chi connectivity index (χ2n) is 4.34. The summed E-state index contributed by atoms with van der Waals surface area (Å²) in [5.74, 6) is -0.945. The minimum absolute atomic E-state index is 0.0893. The second-order valence-corrected chi connectivity index (χ2v) is 5.19. The lowest BCUT2D eigenvalue weighted by atomic mass is 9.96. The van der Waals surface area contributed by atoms with E-state index in [1.807, 2.05) is 6.92 Å². The zero-order chi connectivity index (χ0) is 12.6. The summed E-state index contributed by atoms with van der Waals surface area (Å²) in [7, 11) is 0. The molecule has 0 radical (unpaired) electrons. The number of hydrogen-bond donors (Lipinski definition) is 3. The molecule has 3 N–H and O–H groups in total. The zero-order valence-electron chi connectivity index (χ0n) is 9.40. The molecule has 1 saturated heterocycles. The zero-order valence-corrected chi connectivity index (χ0v) is 11.0. The Bertz CT molecular complexity index is 461. The van der Waals surface area contributed by atoms with Crippen molar-refractivity contribution in [2.45, 2.75) is 19.4 Å². The molecule has 1 aliphatic rings. The molecule has 1 heterocycles. The lowest BCUT2D eigenvalue weighted by Gasteiger charge is -2.16. The van der Waals surface area contributed by atoms with E-state index in [4.69, 9.17) is 5.11 Å². The third kappa shape index (κ3) is 2.30. The number of hydrogen-bond acceptors (Lipinski definition) is 3. The Labute approximate surface area is 108 Å². The summed E-state index contributed by atoms with van der Waals surface area (Å²) in [4.78, 5) is 10.9. The van der Waals surface area contributed by atoms with Gasteiger partial charge in [0.05, 0.1) is 5.92 Å². The Kier molecular flexibility index (Phi) is 3.40. The van der Waals surface area contributed by atoms with Crippen molar-refractivity contribution in [2.24, 2.45) is 5.92 Å². The van der Waals surface area contributed by atoms with Crippen molar-refractivity contribution in [3.63, 3.8) is 0 Å². The minimum Gasteiger partial charge on any atom is -0.508 e. The van der Waals surface area contributed by atoms with Crippen molar-refractivity contribution < 1.29 is 15.0 Å². The van der Waals surface area contributed by atoms with E-state index < -0.39 is 5.97 Å². The fourth-order valence-corrected chi connectivity index (χ4v) is 2.62. The van der Waals surface area contributed by atoms with Crippen LogP contribution >= 0.6 is 15.9 Å². The lowest BCUT2D eigenvalue weighted by Crippen LogP contribution is -2.17. The molecule has 1 aliphatic heterocycles. The monoisotopic (exact) mass is 299 g/mol. The first-order chi connectivity index (χ1) is 8.00. The van der Waals surface area contributed by atoms with Crippen LogP contribution in [-0.4, -0.2) is 22.7 Å². The molecule has 4 nitrogen and oxygen atoms in total. The fraction of sp³-hybridized carbons (Fsp3) is 0.417. The van der Waals surface area contributed by atoms with Crippen LogP contribution in [0.15, 0.2) is 16.6 Å². The van der Waals surface area contributed by atoms with E-state index in [1.165, 1.54) is 0 Å². The first kappa shape index (κ1) is 12.4. The summed E-state index contributed by atoms with van der Waals surface area (Å²) in [6, 6.07) is 3.33. The van der Waals surface area contributed by atoms with Crippen molar-refractivity contribution in [2.75, 3.05) is 6.54 Å². The highest BCUT2D eigenvalue weighted by Gasteiger charge is 2.32. The van der Waals surface area contributed by atoms with E-state index >= 15 is 0 Å². The van der Waals surface area contributed by atoms with E-state index in [9.17, 15) is 9.90 Å². The van der Waals surface area contributed by atoms with Gasteiger partial charge in [-0.05, 0) is 31.0 Å². The summed E-state index contributed by atoms with van der Waals surface area (Å²) >= 11 is 3.42. The van der Waals surface area contributed by atoms with Gasteiger partial charge < -0.3 is 15.5 Å². The minimum atomic E-state index is -0.785. The van der Waals surface area contributed by atoms with Gasteiger partial charge in [-0.3, -0.25) is 4.79 Å². The topological polar surface area (TPSA) is 69.6 Å². The van der Waals surface area contributed by atoms with E-state index in [1.54, 1.807) is 12.1 Å². The molecule has 1 aromatic carbocycles. The van der Waals surface area contributed by atoms with Gasteiger partial charge in [-0.1, -0.05) is 15.9 Å². The molecular formula is C12H14BrNO3. The third-order valence-corrected chi connectivity index (χ3v) is 4.11. The van der Waals surface area contributed by atoms with Gasteiger partial charge in [-0.25, -0.2) is 0 Å². The number of nitrogens with one attached hydrogen (secondary N) is 1. The summed E-state index contributed by atoms with van der Waals surface area (Å²) in [6.07, 6.45) is 0.514. The molecule has 17 heavy (non-hydrogen) atoms. The van der Waals surface area contributed by atoms with Crippen molar-refractivity contribution in [1.82, 2.24) is 5.32 Å². The molecule has 2 unspecified atom stereocenters. The van der Waals surface area contributed by atoms with Crippen LogP contribution in [0.5, 0.6) is 5.75 Å². The van der Waals surface area contributed by atoms with Crippen LogP contribution in [0.25, 0.3) is 0 Å². The lowest BCUT2D eigenvalue weighted by molar-refractivity contribution is -0.141. The molecule has 0 amide bonds. The van der Waals surface area contributed by atoms with E-state index in [0.717, 1.165) is 15.6 Å². The maximum atomic E-state index is 10.9. The summed E-state index contributed by atoms with van der Waals surface area (Å²) < 4.78 is 0.922. The normalized spacial score (nSPS) is 23.9. The molecule has 2 atom stereocenters. The highest BCUT2D eigenvalue weighted by molar-refractivity contribution is 9.10. The van der Waals surface area contributed by atoms with E-state index in [-0.39, 0.29) is 17.7 Å². The fourth-order valence-electron chi connectivity index (χ4n) is 2.27. The van der Waals surface area contributed by atoms with Gasteiger partial charge >= 0.3 is 5.97 Å². The molecule has 1 fully saturated rings. The predicted molar refractivity (Wildman–Crippen MR) is 67.0 cm³/mol.